The highest BCUT2D eigenvalue weighted by Crippen LogP contribution is 2.26. The summed E-state index contributed by atoms with van der Waals surface area (Å²) in [7, 11) is 0. The minimum absolute atomic E-state index is 0.0139. The Hall–Kier alpha value is -2.12. The monoisotopic (exact) mass is 300 g/mol. The fraction of sp³-hybridized carbons (Fsp3) is 0.143. The summed E-state index contributed by atoms with van der Waals surface area (Å²) < 4.78 is 55.4. The molecule has 2 aromatic rings. The van der Waals surface area contributed by atoms with Crippen LogP contribution in [0.1, 0.15) is 17.2 Å². The molecule has 0 saturated carbocycles. The average molecular weight is 300 g/mol. The largest absolute Gasteiger partial charge is 0.435 e. The van der Waals surface area contributed by atoms with Crippen molar-refractivity contribution in [3.63, 3.8) is 0 Å². The zero-order valence-electron chi connectivity index (χ0n) is 10.7. The highest BCUT2D eigenvalue weighted by molar-refractivity contribution is 5.36. The average Bonchev–Trinajstić information content (AvgIpc) is 2.45. The predicted octanol–water partition coefficient (Wildman–Crippen LogP) is 3.12. The topological polar surface area (TPSA) is 47.3 Å². The lowest BCUT2D eigenvalue weighted by Crippen LogP contribution is -2.29. The van der Waals surface area contributed by atoms with E-state index in [2.05, 4.69) is 10.2 Å². The second-order valence-electron chi connectivity index (χ2n) is 4.19. The van der Waals surface area contributed by atoms with Gasteiger partial charge in [0.25, 0.3) is 0 Å². The number of hydrogen-bond donors (Lipinski definition) is 2. The van der Waals surface area contributed by atoms with Gasteiger partial charge in [0, 0.05) is 5.56 Å². The Labute approximate surface area is 118 Å². The number of hydrogen-bond acceptors (Lipinski definition) is 3. The number of ether oxygens (including phenoxy) is 1. The van der Waals surface area contributed by atoms with Crippen LogP contribution in [-0.4, -0.2) is 6.61 Å². The van der Waals surface area contributed by atoms with E-state index in [4.69, 9.17) is 5.84 Å². The summed E-state index contributed by atoms with van der Waals surface area (Å²) in [5, 5.41) is 0. The van der Waals surface area contributed by atoms with Gasteiger partial charge in [-0.05, 0) is 23.8 Å². The molecule has 112 valence electrons. The van der Waals surface area contributed by atoms with Crippen molar-refractivity contribution in [1.82, 2.24) is 5.43 Å². The molecule has 1 unspecified atom stereocenters. The zero-order valence-corrected chi connectivity index (χ0v) is 10.7. The van der Waals surface area contributed by atoms with E-state index in [1.54, 1.807) is 0 Å². The minimum Gasteiger partial charge on any atom is -0.435 e. The van der Waals surface area contributed by atoms with E-state index >= 15 is 0 Å². The Kier molecular flexibility index (Phi) is 4.77. The summed E-state index contributed by atoms with van der Waals surface area (Å²) in [6, 6.07) is 8.37. The number of nitrogens with two attached hydrogens (primary N) is 1. The molecule has 0 aliphatic carbocycles. The Bertz CT molecular complexity index is 604. The van der Waals surface area contributed by atoms with Gasteiger partial charge in [0.15, 0.2) is 11.6 Å². The molecule has 0 amide bonds. The quantitative estimate of drug-likeness (QED) is 0.507. The summed E-state index contributed by atoms with van der Waals surface area (Å²) in [5.41, 5.74) is 2.86. The van der Waals surface area contributed by atoms with Gasteiger partial charge in [-0.3, -0.25) is 5.84 Å². The van der Waals surface area contributed by atoms with Crippen LogP contribution >= 0.6 is 0 Å². The molecule has 21 heavy (non-hydrogen) atoms. The van der Waals surface area contributed by atoms with E-state index in [1.807, 2.05) is 0 Å². The first-order valence-electron chi connectivity index (χ1n) is 5.97. The fourth-order valence-corrected chi connectivity index (χ4v) is 1.95. The zero-order chi connectivity index (χ0) is 15.4. The molecule has 0 aliphatic heterocycles. The van der Waals surface area contributed by atoms with Crippen LogP contribution in [0.2, 0.25) is 0 Å². The Morgan fingerprint density at radius 2 is 1.67 bits per heavy atom. The van der Waals surface area contributed by atoms with Gasteiger partial charge in [-0.1, -0.05) is 24.3 Å². The number of benzene rings is 2. The molecule has 1 atom stereocenters. The van der Waals surface area contributed by atoms with E-state index < -0.39 is 24.3 Å². The summed E-state index contributed by atoms with van der Waals surface area (Å²) >= 11 is 0. The van der Waals surface area contributed by atoms with E-state index in [1.165, 1.54) is 36.4 Å². The van der Waals surface area contributed by atoms with Crippen molar-refractivity contribution in [1.29, 1.82) is 0 Å². The van der Waals surface area contributed by atoms with Gasteiger partial charge in [-0.25, -0.2) is 14.2 Å². The summed E-state index contributed by atoms with van der Waals surface area (Å²) in [6.45, 7) is -2.93. The van der Waals surface area contributed by atoms with E-state index in [-0.39, 0.29) is 11.3 Å². The lowest BCUT2D eigenvalue weighted by molar-refractivity contribution is -0.0498. The lowest BCUT2D eigenvalue weighted by atomic mass is 9.98. The van der Waals surface area contributed by atoms with Crippen LogP contribution in [0, 0.1) is 11.6 Å². The van der Waals surface area contributed by atoms with E-state index in [9.17, 15) is 17.6 Å². The smallest absolute Gasteiger partial charge is 0.387 e. The number of nitrogens with one attached hydrogen (secondary N) is 1. The van der Waals surface area contributed by atoms with Crippen molar-refractivity contribution in [2.75, 3.05) is 0 Å². The maximum Gasteiger partial charge on any atom is 0.387 e. The Balaban J connectivity index is 2.31. The molecule has 0 aromatic heterocycles. The summed E-state index contributed by atoms with van der Waals surface area (Å²) in [4.78, 5) is 0. The minimum atomic E-state index is -2.93. The number of hydrazine groups is 1. The first kappa shape index (κ1) is 15.3. The molecule has 2 aromatic carbocycles. The van der Waals surface area contributed by atoms with Crippen LogP contribution in [0.5, 0.6) is 5.75 Å². The van der Waals surface area contributed by atoms with Crippen molar-refractivity contribution < 1.29 is 22.3 Å². The van der Waals surface area contributed by atoms with Gasteiger partial charge in [0.1, 0.15) is 5.75 Å². The molecule has 0 aliphatic rings. The van der Waals surface area contributed by atoms with Crippen LogP contribution in [0.25, 0.3) is 0 Å². The Morgan fingerprint density at radius 3 is 2.24 bits per heavy atom. The number of alkyl halides is 2. The second kappa shape index (κ2) is 6.55. The first-order chi connectivity index (χ1) is 10.0. The molecule has 2 rings (SSSR count). The van der Waals surface area contributed by atoms with Gasteiger partial charge in [0.05, 0.1) is 6.04 Å². The van der Waals surface area contributed by atoms with Crippen molar-refractivity contribution in [2.45, 2.75) is 12.7 Å². The molecule has 3 N–H and O–H groups in total. The van der Waals surface area contributed by atoms with Crippen molar-refractivity contribution >= 4 is 0 Å². The van der Waals surface area contributed by atoms with Crippen molar-refractivity contribution in [3.8, 4) is 5.75 Å². The number of rotatable bonds is 5. The molecule has 3 nitrogen and oxygen atoms in total. The number of halogens is 4. The van der Waals surface area contributed by atoms with Gasteiger partial charge in [-0.2, -0.15) is 8.78 Å². The Morgan fingerprint density at radius 1 is 1.00 bits per heavy atom. The molecule has 0 saturated heterocycles. The van der Waals surface area contributed by atoms with Crippen molar-refractivity contribution in [3.05, 3.63) is 65.2 Å². The fourth-order valence-electron chi connectivity index (χ4n) is 1.95. The van der Waals surface area contributed by atoms with Crippen LogP contribution in [0.15, 0.2) is 42.5 Å². The molecule has 0 bridgehead atoms. The van der Waals surface area contributed by atoms with Crippen LogP contribution in [0.3, 0.4) is 0 Å². The predicted molar refractivity (Wildman–Crippen MR) is 68.6 cm³/mol. The van der Waals surface area contributed by atoms with Gasteiger partial charge < -0.3 is 4.74 Å². The van der Waals surface area contributed by atoms with Crippen molar-refractivity contribution in [2.24, 2.45) is 5.84 Å². The van der Waals surface area contributed by atoms with Gasteiger partial charge >= 0.3 is 6.61 Å². The van der Waals surface area contributed by atoms with E-state index in [0.717, 1.165) is 6.07 Å². The highest BCUT2D eigenvalue weighted by Gasteiger charge is 2.19. The molecule has 0 fully saturated rings. The normalized spacial score (nSPS) is 12.5. The van der Waals surface area contributed by atoms with Crippen LogP contribution in [-0.2, 0) is 0 Å². The lowest BCUT2D eigenvalue weighted by Gasteiger charge is -2.18. The van der Waals surface area contributed by atoms with Gasteiger partial charge in [-0.15, -0.1) is 0 Å². The summed E-state index contributed by atoms with van der Waals surface area (Å²) in [6.07, 6.45) is 0. The highest BCUT2D eigenvalue weighted by atomic mass is 19.3. The maximum absolute atomic E-state index is 13.8. The second-order valence-corrected chi connectivity index (χ2v) is 4.19. The third-order valence-corrected chi connectivity index (χ3v) is 2.90. The summed E-state index contributed by atoms with van der Waals surface area (Å²) in [5.74, 6) is 3.33. The van der Waals surface area contributed by atoms with E-state index in [0.29, 0.717) is 5.56 Å². The molecular formula is C14H12F4N2O. The standard InChI is InChI=1S/C14H12F4N2O/c15-11-3-1-2-10(12(11)16)13(20-19)8-4-6-9(7-5-8)21-14(17)18/h1-7,13-14,20H,19H2. The molecule has 0 spiro atoms. The third-order valence-electron chi connectivity index (χ3n) is 2.90. The van der Waals surface area contributed by atoms with Crippen LogP contribution in [0.4, 0.5) is 17.6 Å². The first-order valence-corrected chi connectivity index (χ1v) is 5.97. The van der Waals surface area contributed by atoms with Crippen LogP contribution < -0.4 is 16.0 Å². The van der Waals surface area contributed by atoms with Gasteiger partial charge in [0.2, 0.25) is 0 Å². The molecular weight excluding hydrogens is 288 g/mol. The molecule has 0 heterocycles. The maximum atomic E-state index is 13.8. The molecule has 0 radical (unpaired) electrons. The molecule has 7 heteroatoms. The third kappa shape index (κ3) is 3.50. The SMILES string of the molecule is NNC(c1ccc(OC(F)F)cc1)c1cccc(F)c1F.